The highest BCUT2D eigenvalue weighted by atomic mass is 35.5. The number of aromatic nitrogens is 1. The van der Waals surface area contributed by atoms with Crippen LogP contribution in [-0.4, -0.2) is 43.8 Å². The molecule has 1 amide bonds. The first-order chi connectivity index (χ1) is 10.8. The minimum Gasteiger partial charge on any atom is -0.475 e. The number of rotatable bonds is 8. The SMILES string of the molecule is COC(CN)CC(=O)NCCOc1ncc(C(F)(F)F)cc1Cl. The van der Waals surface area contributed by atoms with Gasteiger partial charge in [-0.2, -0.15) is 13.2 Å². The van der Waals surface area contributed by atoms with Crippen molar-refractivity contribution in [3.8, 4) is 5.88 Å². The number of halogens is 4. The third-order valence-corrected chi connectivity index (χ3v) is 3.08. The van der Waals surface area contributed by atoms with Crippen LogP contribution in [0.2, 0.25) is 5.02 Å². The van der Waals surface area contributed by atoms with Crippen molar-refractivity contribution in [2.45, 2.75) is 18.7 Å². The number of nitrogens with two attached hydrogens (primary N) is 1. The lowest BCUT2D eigenvalue weighted by molar-refractivity contribution is -0.137. The second-order valence-corrected chi connectivity index (χ2v) is 4.91. The third kappa shape index (κ3) is 6.59. The van der Waals surface area contributed by atoms with E-state index in [-0.39, 0.29) is 49.0 Å². The molecule has 0 aromatic carbocycles. The summed E-state index contributed by atoms with van der Waals surface area (Å²) in [6.45, 7) is 0.356. The zero-order chi connectivity index (χ0) is 17.5. The Morgan fingerprint density at radius 3 is 2.74 bits per heavy atom. The fraction of sp³-hybridized carbons (Fsp3) is 0.538. The van der Waals surface area contributed by atoms with Gasteiger partial charge in [-0.05, 0) is 6.07 Å². The molecule has 0 saturated heterocycles. The predicted octanol–water partition coefficient (Wildman–Crippen LogP) is 1.61. The number of hydrogen-bond donors (Lipinski definition) is 2. The standard InChI is InChI=1S/C13H17ClF3N3O3/c1-22-9(6-18)5-11(21)19-2-3-23-12-10(14)4-8(7-20-12)13(15,16)17/h4,7,9H,2-3,5-6,18H2,1H3,(H,19,21). The normalized spacial score (nSPS) is 12.8. The number of methoxy groups -OCH3 is 1. The van der Waals surface area contributed by atoms with E-state index in [1.807, 2.05) is 0 Å². The second kappa shape index (κ2) is 8.90. The van der Waals surface area contributed by atoms with E-state index in [0.717, 1.165) is 6.07 Å². The summed E-state index contributed by atoms with van der Waals surface area (Å²) < 4.78 is 47.4. The lowest BCUT2D eigenvalue weighted by Gasteiger charge is -2.13. The van der Waals surface area contributed by atoms with Crippen LogP contribution < -0.4 is 15.8 Å². The molecule has 130 valence electrons. The Kier molecular flexibility index (Phi) is 7.53. The highest BCUT2D eigenvalue weighted by Gasteiger charge is 2.31. The summed E-state index contributed by atoms with van der Waals surface area (Å²) >= 11 is 5.68. The molecule has 1 heterocycles. The maximum Gasteiger partial charge on any atom is 0.417 e. The van der Waals surface area contributed by atoms with E-state index in [4.69, 9.17) is 26.8 Å². The molecular formula is C13H17ClF3N3O3. The number of ether oxygens (including phenoxy) is 2. The molecule has 1 aromatic heterocycles. The van der Waals surface area contributed by atoms with E-state index in [1.54, 1.807) is 0 Å². The number of carbonyl (C=O) groups is 1. The van der Waals surface area contributed by atoms with Crippen LogP contribution >= 0.6 is 11.6 Å². The highest BCUT2D eigenvalue weighted by molar-refractivity contribution is 6.31. The van der Waals surface area contributed by atoms with Gasteiger partial charge in [0.25, 0.3) is 0 Å². The minimum absolute atomic E-state index is 0.00407. The fourth-order valence-corrected chi connectivity index (χ4v) is 1.79. The van der Waals surface area contributed by atoms with Crippen molar-refractivity contribution in [1.29, 1.82) is 0 Å². The van der Waals surface area contributed by atoms with Gasteiger partial charge in [0.15, 0.2) is 0 Å². The lowest BCUT2D eigenvalue weighted by Crippen LogP contribution is -2.34. The van der Waals surface area contributed by atoms with Gasteiger partial charge in [-0.1, -0.05) is 11.6 Å². The molecule has 1 rings (SSSR count). The first kappa shape index (κ1) is 19.5. The van der Waals surface area contributed by atoms with E-state index in [0.29, 0.717) is 6.20 Å². The number of hydrogen-bond acceptors (Lipinski definition) is 5. The zero-order valence-electron chi connectivity index (χ0n) is 12.3. The largest absolute Gasteiger partial charge is 0.475 e. The first-order valence-corrected chi connectivity index (χ1v) is 7.00. The van der Waals surface area contributed by atoms with Crippen molar-refractivity contribution >= 4 is 17.5 Å². The molecule has 1 aromatic rings. The maximum atomic E-state index is 12.5. The van der Waals surface area contributed by atoms with Crippen LogP contribution in [0.25, 0.3) is 0 Å². The third-order valence-electron chi connectivity index (χ3n) is 2.81. The van der Waals surface area contributed by atoms with Crippen LogP contribution in [0, 0.1) is 0 Å². The lowest BCUT2D eigenvalue weighted by atomic mass is 10.2. The van der Waals surface area contributed by atoms with E-state index in [1.165, 1.54) is 7.11 Å². The van der Waals surface area contributed by atoms with E-state index >= 15 is 0 Å². The van der Waals surface area contributed by atoms with Crippen molar-refractivity contribution in [2.75, 3.05) is 26.8 Å². The first-order valence-electron chi connectivity index (χ1n) is 6.63. The molecule has 0 aliphatic heterocycles. The number of amides is 1. The van der Waals surface area contributed by atoms with Crippen LogP contribution in [0.3, 0.4) is 0 Å². The summed E-state index contributed by atoms with van der Waals surface area (Å²) in [5.41, 5.74) is 4.43. The van der Waals surface area contributed by atoms with Gasteiger partial charge in [0.2, 0.25) is 11.8 Å². The van der Waals surface area contributed by atoms with Crippen LogP contribution in [0.4, 0.5) is 13.2 Å². The highest BCUT2D eigenvalue weighted by Crippen LogP contribution is 2.32. The van der Waals surface area contributed by atoms with Crippen molar-refractivity contribution in [3.63, 3.8) is 0 Å². The van der Waals surface area contributed by atoms with E-state index in [9.17, 15) is 18.0 Å². The zero-order valence-corrected chi connectivity index (χ0v) is 13.1. The topological polar surface area (TPSA) is 86.5 Å². The summed E-state index contributed by atoms with van der Waals surface area (Å²) in [5.74, 6) is -0.414. The number of nitrogens with zero attached hydrogens (tertiary/aromatic N) is 1. The monoisotopic (exact) mass is 355 g/mol. The summed E-state index contributed by atoms with van der Waals surface area (Å²) in [5, 5.41) is 2.30. The molecule has 0 radical (unpaired) electrons. The van der Waals surface area contributed by atoms with Crippen molar-refractivity contribution in [2.24, 2.45) is 5.73 Å². The molecule has 0 spiro atoms. The summed E-state index contributed by atoms with van der Waals surface area (Å²) in [4.78, 5) is 15.0. The summed E-state index contributed by atoms with van der Waals surface area (Å²) in [6, 6.07) is 0.729. The molecule has 0 aliphatic rings. The van der Waals surface area contributed by atoms with Gasteiger partial charge >= 0.3 is 6.18 Å². The molecule has 6 nitrogen and oxygen atoms in total. The van der Waals surface area contributed by atoms with Gasteiger partial charge in [-0.3, -0.25) is 4.79 Å². The molecule has 23 heavy (non-hydrogen) atoms. The van der Waals surface area contributed by atoms with Gasteiger partial charge in [0, 0.05) is 19.9 Å². The molecule has 10 heteroatoms. The van der Waals surface area contributed by atoms with Gasteiger partial charge in [-0.15, -0.1) is 0 Å². The second-order valence-electron chi connectivity index (χ2n) is 4.50. The molecular weight excluding hydrogens is 339 g/mol. The quantitative estimate of drug-likeness (QED) is 0.692. The van der Waals surface area contributed by atoms with Gasteiger partial charge in [0.05, 0.1) is 24.6 Å². The van der Waals surface area contributed by atoms with Gasteiger partial charge in [-0.25, -0.2) is 4.98 Å². The Morgan fingerprint density at radius 1 is 1.52 bits per heavy atom. The number of alkyl halides is 3. The molecule has 1 atom stereocenters. The molecule has 0 aliphatic carbocycles. The number of nitrogens with one attached hydrogen (secondary N) is 1. The fourth-order valence-electron chi connectivity index (χ4n) is 1.57. The molecule has 0 saturated carbocycles. The summed E-state index contributed by atoms with van der Waals surface area (Å²) in [7, 11) is 1.45. The Morgan fingerprint density at radius 2 is 2.22 bits per heavy atom. The van der Waals surface area contributed by atoms with Crippen molar-refractivity contribution in [1.82, 2.24) is 10.3 Å². The Balaban J connectivity index is 2.40. The van der Waals surface area contributed by atoms with Gasteiger partial charge in [0.1, 0.15) is 11.6 Å². The van der Waals surface area contributed by atoms with Crippen LogP contribution in [0.15, 0.2) is 12.3 Å². The Labute approximate surface area is 136 Å². The van der Waals surface area contributed by atoms with Crippen molar-refractivity contribution in [3.05, 3.63) is 22.8 Å². The molecule has 1 unspecified atom stereocenters. The molecule has 0 bridgehead atoms. The van der Waals surface area contributed by atoms with Crippen LogP contribution in [-0.2, 0) is 15.7 Å². The van der Waals surface area contributed by atoms with Gasteiger partial charge < -0.3 is 20.5 Å². The average molecular weight is 356 g/mol. The van der Waals surface area contributed by atoms with E-state index < -0.39 is 11.7 Å². The predicted molar refractivity (Wildman–Crippen MR) is 77.2 cm³/mol. The Bertz CT molecular complexity index is 525. The Hall–Kier alpha value is -1.58. The van der Waals surface area contributed by atoms with Crippen molar-refractivity contribution < 1.29 is 27.4 Å². The smallest absolute Gasteiger partial charge is 0.417 e. The maximum absolute atomic E-state index is 12.5. The minimum atomic E-state index is -4.52. The van der Waals surface area contributed by atoms with Crippen LogP contribution in [0.1, 0.15) is 12.0 Å². The van der Waals surface area contributed by atoms with E-state index in [2.05, 4.69) is 10.3 Å². The molecule has 3 N–H and O–H groups in total. The number of pyridine rings is 1. The summed E-state index contributed by atoms with van der Waals surface area (Å²) in [6.07, 6.45) is -4.16. The number of carbonyl (C=O) groups excluding carboxylic acids is 1. The molecule has 0 fully saturated rings. The average Bonchev–Trinajstić information content (AvgIpc) is 2.49. The van der Waals surface area contributed by atoms with Crippen LogP contribution in [0.5, 0.6) is 5.88 Å².